The Hall–Kier alpha value is -2.00. The maximum atomic E-state index is 12.6. The summed E-state index contributed by atoms with van der Waals surface area (Å²) in [6, 6.07) is 4.94. The van der Waals surface area contributed by atoms with Crippen LogP contribution < -0.4 is 16.4 Å². The van der Waals surface area contributed by atoms with Crippen molar-refractivity contribution in [2.45, 2.75) is 85.0 Å². The molecule has 0 heterocycles. The number of hydrogen-bond acceptors (Lipinski definition) is 7. The Morgan fingerprint density at radius 2 is 1.94 bits per heavy atom. The lowest BCUT2D eigenvalue weighted by Gasteiger charge is -2.32. The number of nitrogens with two attached hydrogens (primary N) is 1. The van der Waals surface area contributed by atoms with E-state index in [4.69, 9.17) is 15.9 Å². The summed E-state index contributed by atoms with van der Waals surface area (Å²) in [4.78, 5) is 12.6. The molecule has 0 fully saturated rings. The van der Waals surface area contributed by atoms with Gasteiger partial charge < -0.3 is 36.7 Å². The van der Waals surface area contributed by atoms with Crippen molar-refractivity contribution >= 4 is 17.8 Å². The Labute approximate surface area is 217 Å². The molecule has 0 bridgehead atoms. The highest BCUT2D eigenvalue weighted by molar-refractivity contribution is 5.86. The van der Waals surface area contributed by atoms with Crippen LogP contribution in [0.2, 0.25) is 0 Å². The van der Waals surface area contributed by atoms with Gasteiger partial charge in [-0.2, -0.15) is 0 Å². The van der Waals surface area contributed by atoms with Crippen molar-refractivity contribution in [3.63, 3.8) is 0 Å². The fourth-order valence-electron chi connectivity index (χ4n) is 4.28. The Bertz CT molecular complexity index is 800. The van der Waals surface area contributed by atoms with Crippen LogP contribution in [-0.4, -0.2) is 61.3 Å². The van der Waals surface area contributed by atoms with E-state index in [9.17, 15) is 15.0 Å². The van der Waals surface area contributed by atoms with Crippen molar-refractivity contribution in [2.24, 2.45) is 23.0 Å². The van der Waals surface area contributed by atoms with E-state index >= 15 is 0 Å². The molecular formula is C28H50N4O4. The van der Waals surface area contributed by atoms with E-state index in [1.807, 2.05) is 45.9 Å². The number of carbonyl (C=O) groups excluding carboxylic acids is 1. The van der Waals surface area contributed by atoms with Gasteiger partial charge in [0.15, 0.2) is 0 Å². The lowest BCUT2D eigenvalue weighted by Crippen LogP contribution is -2.47. The van der Waals surface area contributed by atoms with Crippen molar-refractivity contribution in [1.29, 1.82) is 5.41 Å². The molecule has 4 unspecified atom stereocenters. The molecule has 0 saturated heterocycles. The Morgan fingerprint density at radius 3 is 2.53 bits per heavy atom. The first kappa shape index (κ1) is 32.0. The molecule has 0 aliphatic heterocycles. The molecule has 1 aromatic carbocycles. The highest BCUT2D eigenvalue weighted by atomic mass is 16.5. The minimum atomic E-state index is -0.914. The van der Waals surface area contributed by atoms with Crippen molar-refractivity contribution in [3.05, 3.63) is 29.3 Å². The lowest BCUT2D eigenvalue weighted by molar-refractivity contribution is -0.130. The Morgan fingerprint density at radius 1 is 1.25 bits per heavy atom. The largest absolute Gasteiger partial charge is 0.390 e. The van der Waals surface area contributed by atoms with Crippen molar-refractivity contribution in [3.8, 4) is 0 Å². The van der Waals surface area contributed by atoms with Gasteiger partial charge in [-0.1, -0.05) is 59.6 Å². The molecule has 0 aliphatic rings. The van der Waals surface area contributed by atoms with Crippen LogP contribution in [0.1, 0.15) is 84.0 Å². The van der Waals surface area contributed by atoms with E-state index in [0.717, 1.165) is 42.5 Å². The zero-order valence-electron chi connectivity index (χ0n) is 23.1. The third-order valence-electron chi connectivity index (χ3n) is 6.96. The zero-order chi connectivity index (χ0) is 27.3. The molecule has 4 atom stereocenters. The van der Waals surface area contributed by atoms with Crippen molar-refractivity contribution < 1.29 is 19.7 Å². The van der Waals surface area contributed by atoms with Gasteiger partial charge in [-0.05, 0) is 42.7 Å². The number of aliphatic hydroxyl groups excluding tert-OH is 2. The van der Waals surface area contributed by atoms with Gasteiger partial charge in [-0.25, -0.2) is 0 Å². The normalized spacial score (nSPS) is 15.3. The number of amides is 1. The second-order valence-electron chi connectivity index (χ2n) is 10.8. The highest BCUT2D eigenvalue weighted by Gasteiger charge is 2.31. The first-order valence-corrected chi connectivity index (χ1v) is 13.3. The van der Waals surface area contributed by atoms with Gasteiger partial charge in [0.2, 0.25) is 5.91 Å². The van der Waals surface area contributed by atoms with Crippen LogP contribution in [0, 0.1) is 22.7 Å². The maximum Gasteiger partial charge on any atom is 0.225 e. The molecule has 0 saturated carbocycles. The monoisotopic (exact) mass is 506 g/mol. The molecule has 1 rings (SSSR count). The number of nitrogens with one attached hydrogen (secondary N) is 3. The molecule has 206 valence electrons. The van der Waals surface area contributed by atoms with Crippen LogP contribution in [0.4, 0.5) is 5.69 Å². The predicted octanol–water partition coefficient (Wildman–Crippen LogP) is 3.85. The SMILES string of the molecule is CCCCC(C)(C)C(=O)NCC(O)C(N)CC(C(C)C)C(O)c1ccc(C=N)c(NCCCOC)c1. The fraction of sp³-hybridized carbons (Fsp3) is 0.714. The van der Waals surface area contributed by atoms with E-state index in [0.29, 0.717) is 19.6 Å². The Balaban J connectivity index is 2.85. The van der Waals surface area contributed by atoms with E-state index in [-0.39, 0.29) is 24.3 Å². The predicted molar refractivity (Wildman–Crippen MR) is 148 cm³/mol. The number of benzene rings is 1. The quantitative estimate of drug-likeness (QED) is 0.132. The Kier molecular flexibility index (Phi) is 14.2. The number of rotatable bonds is 18. The number of ether oxygens (including phenoxy) is 1. The first-order valence-electron chi connectivity index (χ1n) is 13.3. The number of hydrogen-bond donors (Lipinski definition) is 6. The summed E-state index contributed by atoms with van der Waals surface area (Å²) >= 11 is 0. The number of unbranched alkanes of at least 4 members (excludes halogenated alkanes) is 1. The van der Waals surface area contributed by atoms with Crippen LogP contribution in [0.15, 0.2) is 18.2 Å². The summed E-state index contributed by atoms with van der Waals surface area (Å²) in [6.45, 7) is 11.4. The number of anilines is 1. The van der Waals surface area contributed by atoms with Crippen LogP contribution in [0.25, 0.3) is 0 Å². The third kappa shape index (κ3) is 10.2. The van der Waals surface area contributed by atoms with Gasteiger partial charge in [0.05, 0.1) is 12.2 Å². The second-order valence-corrected chi connectivity index (χ2v) is 10.8. The summed E-state index contributed by atoms with van der Waals surface area (Å²) in [5, 5.41) is 35.8. The maximum absolute atomic E-state index is 12.6. The van der Waals surface area contributed by atoms with Gasteiger partial charge >= 0.3 is 0 Å². The molecule has 0 radical (unpaired) electrons. The van der Waals surface area contributed by atoms with Crippen molar-refractivity contribution in [1.82, 2.24) is 5.32 Å². The number of methoxy groups -OCH3 is 1. The molecule has 36 heavy (non-hydrogen) atoms. The highest BCUT2D eigenvalue weighted by Crippen LogP contribution is 2.34. The number of aliphatic hydroxyl groups is 2. The average molecular weight is 507 g/mol. The van der Waals surface area contributed by atoms with Gasteiger partial charge in [0, 0.05) is 55.7 Å². The molecule has 1 aromatic rings. The van der Waals surface area contributed by atoms with Gasteiger partial charge in [-0.15, -0.1) is 0 Å². The minimum absolute atomic E-state index is 0.0834. The lowest BCUT2D eigenvalue weighted by atomic mass is 9.80. The molecule has 8 nitrogen and oxygen atoms in total. The third-order valence-corrected chi connectivity index (χ3v) is 6.96. The summed E-state index contributed by atoms with van der Waals surface area (Å²) in [7, 11) is 1.66. The summed E-state index contributed by atoms with van der Waals surface area (Å²) in [5.74, 6) is -0.167. The van der Waals surface area contributed by atoms with E-state index in [1.54, 1.807) is 7.11 Å². The smallest absolute Gasteiger partial charge is 0.225 e. The molecule has 8 heteroatoms. The van der Waals surface area contributed by atoms with Crippen LogP contribution >= 0.6 is 0 Å². The molecular weight excluding hydrogens is 456 g/mol. The molecule has 0 aromatic heterocycles. The van der Waals surface area contributed by atoms with Crippen molar-refractivity contribution in [2.75, 3.05) is 32.1 Å². The minimum Gasteiger partial charge on any atom is -0.390 e. The zero-order valence-corrected chi connectivity index (χ0v) is 23.1. The molecule has 0 spiro atoms. The van der Waals surface area contributed by atoms with Crippen LogP contribution in [0.5, 0.6) is 0 Å². The molecule has 1 amide bonds. The number of carbonyl (C=O) groups is 1. The standard InChI is InChI=1S/C28H50N4O4/c1-7-8-12-28(4,5)27(35)32-18-25(33)23(30)16-22(19(2)3)26(34)20-10-11-21(17-29)24(15-20)31-13-9-14-36-6/h10-11,15,17,19,22-23,25-26,29,31,33-34H,7-9,12-14,16,18,30H2,1-6H3,(H,32,35). The van der Waals surface area contributed by atoms with Gasteiger partial charge in [0.1, 0.15) is 0 Å². The van der Waals surface area contributed by atoms with E-state index < -0.39 is 23.7 Å². The molecule has 0 aliphatic carbocycles. The fourth-order valence-corrected chi connectivity index (χ4v) is 4.28. The van der Waals surface area contributed by atoms with E-state index in [2.05, 4.69) is 17.6 Å². The summed E-state index contributed by atoms with van der Waals surface area (Å²) in [6.07, 6.45) is 3.61. The molecule has 7 N–H and O–H groups in total. The van der Waals surface area contributed by atoms with Crippen LogP contribution in [-0.2, 0) is 9.53 Å². The van der Waals surface area contributed by atoms with E-state index in [1.165, 1.54) is 6.21 Å². The first-order chi connectivity index (χ1) is 17.0. The topological polar surface area (TPSA) is 141 Å². The van der Waals surface area contributed by atoms with Gasteiger partial charge in [0.25, 0.3) is 0 Å². The summed E-state index contributed by atoms with van der Waals surface area (Å²) < 4.78 is 5.09. The summed E-state index contributed by atoms with van der Waals surface area (Å²) in [5.41, 5.74) is 8.13. The second kappa shape index (κ2) is 16.0. The van der Waals surface area contributed by atoms with Crippen LogP contribution in [0.3, 0.4) is 0 Å². The van der Waals surface area contributed by atoms with Gasteiger partial charge in [-0.3, -0.25) is 4.79 Å². The average Bonchev–Trinajstić information content (AvgIpc) is 2.85.